The van der Waals surface area contributed by atoms with Gasteiger partial charge in [-0.1, -0.05) is 133 Å². The lowest BCUT2D eigenvalue weighted by molar-refractivity contribution is 0.938. The first-order valence-electron chi connectivity index (χ1n) is 16.2. The van der Waals surface area contributed by atoms with Crippen LogP contribution in [-0.2, 0) is 0 Å². The molecule has 2 nitrogen and oxygen atoms in total. The van der Waals surface area contributed by atoms with Crippen molar-refractivity contribution in [3.05, 3.63) is 175 Å². The summed E-state index contributed by atoms with van der Waals surface area (Å²) in [4.78, 5) is 2.60. The largest absolute Gasteiger partial charge is 0.380 e. The predicted molar refractivity (Wildman–Crippen MR) is 199 cm³/mol. The SMILES string of the molecule is C=Cc1c(/C=C\C)c2ccccc2n1-c1cccc(C2=CCCC(N3B(c4ccccc4)c4ccccc4-c4ccccc43)=C2)c1. The molecular formula is C43H35BN2. The Kier molecular flexibility index (Phi) is 7.15. The molecule has 8 rings (SSSR count). The number of hydrogen-bond acceptors (Lipinski definition) is 1. The minimum atomic E-state index is 0.0932. The van der Waals surface area contributed by atoms with Crippen molar-refractivity contribution >= 4 is 52.1 Å². The van der Waals surface area contributed by atoms with Crippen LogP contribution in [-0.4, -0.2) is 11.4 Å². The first-order valence-corrected chi connectivity index (χ1v) is 16.2. The minimum Gasteiger partial charge on any atom is -0.380 e. The molecule has 0 spiro atoms. The van der Waals surface area contributed by atoms with Crippen LogP contribution in [0.25, 0.3) is 45.4 Å². The monoisotopic (exact) mass is 590 g/mol. The molecule has 2 aliphatic rings. The van der Waals surface area contributed by atoms with Crippen molar-refractivity contribution in [3.63, 3.8) is 0 Å². The van der Waals surface area contributed by atoms with Crippen LogP contribution in [0.5, 0.6) is 0 Å². The van der Waals surface area contributed by atoms with Crippen molar-refractivity contribution in [2.45, 2.75) is 19.8 Å². The predicted octanol–water partition coefficient (Wildman–Crippen LogP) is 9.66. The maximum atomic E-state index is 4.21. The van der Waals surface area contributed by atoms with Gasteiger partial charge in [0.2, 0.25) is 0 Å². The Balaban J connectivity index is 1.26. The summed E-state index contributed by atoms with van der Waals surface area (Å²) in [6, 6.07) is 46.4. The van der Waals surface area contributed by atoms with Crippen LogP contribution in [0.4, 0.5) is 5.69 Å². The van der Waals surface area contributed by atoms with Gasteiger partial charge >= 0.3 is 6.85 Å². The summed E-state index contributed by atoms with van der Waals surface area (Å²) in [5, 5.41) is 1.23. The van der Waals surface area contributed by atoms with Gasteiger partial charge in [0, 0.05) is 33.6 Å². The highest BCUT2D eigenvalue weighted by Gasteiger charge is 2.37. The van der Waals surface area contributed by atoms with Crippen LogP contribution in [0, 0.1) is 0 Å². The number of rotatable bonds is 6. The zero-order chi connectivity index (χ0) is 31.0. The summed E-state index contributed by atoms with van der Waals surface area (Å²) in [6.45, 7) is 6.38. The molecule has 2 heterocycles. The Morgan fingerprint density at radius 2 is 1.52 bits per heavy atom. The molecule has 0 radical (unpaired) electrons. The Hall–Kier alpha value is -5.54. The quantitative estimate of drug-likeness (QED) is 0.175. The number of anilines is 1. The van der Waals surface area contributed by atoms with Gasteiger partial charge in [-0.15, -0.1) is 0 Å². The number of benzene rings is 5. The molecule has 5 aromatic carbocycles. The maximum Gasteiger partial charge on any atom is 0.328 e. The molecule has 0 saturated heterocycles. The van der Waals surface area contributed by atoms with E-state index in [4.69, 9.17) is 0 Å². The van der Waals surface area contributed by atoms with Crippen LogP contribution in [0.15, 0.2) is 158 Å². The van der Waals surface area contributed by atoms with Gasteiger partial charge in [0.05, 0.1) is 11.2 Å². The van der Waals surface area contributed by atoms with Crippen LogP contribution < -0.4 is 15.7 Å². The Bertz CT molecular complexity index is 2200. The van der Waals surface area contributed by atoms with E-state index in [9.17, 15) is 0 Å². The summed E-state index contributed by atoms with van der Waals surface area (Å²) >= 11 is 0. The van der Waals surface area contributed by atoms with E-state index in [-0.39, 0.29) is 6.85 Å². The van der Waals surface area contributed by atoms with Crippen molar-refractivity contribution in [3.8, 4) is 16.8 Å². The molecule has 46 heavy (non-hydrogen) atoms. The zero-order valence-electron chi connectivity index (χ0n) is 26.1. The van der Waals surface area contributed by atoms with Gasteiger partial charge in [0.25, 0.3) is 0 Å². The third kappa shape index (κ3) is 4.59. The van der Waals surface area contributed by atoms with Crippen molar-refractivity contribution < 1.29 is 0 Å². The minimum absolute atomic E-state index is 0.0932. The molecule has 0 atom stereocenters. The average molecular weight is 591 g/mol. The van der Waals surface area contributed by atoms with E-state index in [1.807, 2.05) is 6.08 Å². The second-order valence-corrected chi connectivity index (χ2v) is 12.0. The molecule has 1 aliphatic heterocycles. The third-order valence-corrected chi connectivity index (χ3v) is 9.40. The van der Waals surface area contributed by atoms with Gasteiger partial charge in [-0.3, -0.25) is 0 Å². The number of aromatic nitrogens is 1. The van der Waals surface area contributed by atoms with Crippen LogP contribution in [0.2, 0.25) is 0 Å². The molecule has 1 aromatic heterocycles. The van der Waals surface area contributed by atoms with Gasteiger partial charge < -0.3 is 9.38 Å². The first-order chi connectivity index (χ1) is 22.8. The third-order valence-electron chi connectivity index (χ3n) is 9.40. The van der Waals surface area contributed by atoms with Crippen molar-refractivity contribution in [2.75, 3.05) is 4.81 Å². The van der Waals surface area contributed by atoms with E-state index >= 15 is 0 Å². The summed E-state index contributed by atoms with van der Waals surface area (Å²) in [7, 11) is 0. The lowest BCUT2D eigenvalue weighted by Gasteiger charge is -2.41. The fourth-order valence-corrected chi connectivity index (χ4v) is 7.46. The average Bonchev–Trinajstić information content (AvgIpc) is 3.45. The second kappa shape index (κ2) is 11.8. The van der Waals surface area contributed by atoms with Crippen LogP contribution >= 0.6 is 0 Å². The van der Waals surface area contributed by atoms with Crippen molar-refractivity contribution in [1.82, 2.24) is 4.57 Å². The molecule has 0 saturated carbocycles. The van der Waals surface area contributed by atoms with Crippen molar-refractivity contribution in [1.29, 1.82) is 0 Å². The summed E-state index contributed by atoms with van der Waals surface area (Å²) in [5.74, 6) is 0. The van der Waals surface area contributed by atoms with Crippen molar-refractivity contribution in [2.24, 2.45) is 0 Å². The molecule has 0 unspecified atom stereocenters. The normalized spacial score (nSPS) is 14.2. The number of nitrogens with zero attached hydrogens (tertiary/aromatic N) is 2. The lowest BCUT2D eigenvalue weighted by atomic mass is 9.45. The Morgan fingerprint density at radius 1 is 0.761 bits per heavy atom. The van der Waals surface area contributed by atoms with Gasteiger partial charge in [-0.2, -0.15) is 0 Å². The van der Waals surface area contributed by atoms with Crippen LogP contribution in [0.1, 0.15) is 36.6 Å². The molecular weight excluding hydrogens is 555 g/mol. The summed E-state index contributed by atoms with van der Waals surface area (Å²) in [6.07, 6.45) is 13.1. The highest BCUT2D eigenvalue weighted by Crippen LogP contribution is 2.40. The molecule has 0 N–H and O–H groups in total. The highest BCUT2D eigenvalue weighted by atomic mass is 15.1. The molecule has 6 aromatic rings. The van der Waals surface area contributed by atoms with Gasteiger partial charge in [0.15, 0.2) is 0 Å². The smallest absolute Gasteiger partial charge is 0.328 e. The number of fused-ring (bicyclic) bond motifs is 4. The van der Waals surface area contributed by atoms with E-state index in [1.54, 1.807) is 0 Å². The molecule has 0 fully saturated rings. The number of para-hydroxylation sites is 2. The van der Waals surface area contributed by atoms with Gasteiger partial charge in [-0.05, 0) is 78.3 Å². The topological polar surface area (TPSA) is 8.17 Å². The van der Waals surface area contributed by atoms with E-state index in [1.165, 1.54) is 61.0 Å². The van der Waals surface area contributed by atoms with E-state index in [2.05, 4.69) is 175 Å². The fourth-order valence-electron chi connectivity index (χ4n) is 7.46. The second-order valence-electron chi connectivity index (χ2n) is 12.0. The molecule has 0 amide bonds. The molecule has 220 valence electrons. The first kappa shape index (κ1) is 28.0. The lowest BCUT2D eigenvalue weighted by Crippen LogP contribution is -2.59. The Morgan fingerprint density at radius 3 is 2.37 bits per heavy atom. The number of allylic oxidation sites excluding steroid dienone is 5. The molecule has 3 heteroatoms. The van der Waals surface area contributed by atoms with E-state index in [0.29, 0.717) is 0 Å². The summed E-state index contributed by atoms with van der Waals surface area (Å²) in [5.41, 5.74) is 15.0. The highest BCUT2D eigenvalue weighted by molar-refractivity contribution is 6.90. The van der Waals surface area contributed by atoms with Gasteiger partial charge in [0.1, 0.15) is 0 Å². The van der Waals surface area contributed by atoms with Gasteiger partial charge in [-0.25, -0.2) is 0 Å². The van der Waals surface area contributed by atoms with E-state index in [0.717, 1.165) is 24.2 Å². The van der Waals surface area contributed by atoms with Crippen LogP contribution in [0.3, 0.4) is 0 Å². The molecule has 0 bridgehead atoms. The number of hydrogen-bond donors (Lipinski definition) is 0. The molecule has 1 aliphatic carbocycles. The maximum absolute atomic E-state index is 4.21. The summed E-state index contributed by atoms with van der Waals surface area (Å²) < 4.78 is 2.35. The standard InChI is InChI=1S/C43H35BN2/c1-3-16-37-39-25-9-12-27-42(39)45(41(37)4-2)34-21-14-17-31(29-34)32-18-15-22-35(30-32)46-43-28-13-10-24-38(43)36-23-8-11-26-40(36)44(46)33-19-6-5-7-20-33/h3-14,16-21,23-30H,2,15,22H2,1H3/b16-3-. The van der Waals surface area contributed by atoms with E-state index < -0.39 is 0 Å². The fraction of sp³-hybridized carbons (Fsp3) is 0.0698. The Labute approximate surface area is 272 Å². The zero-order valence-corrected chi connectivity index (χ0v) is 26.1.